The maximum Gasteiger partial charge on any atom is 0.171 e. The molecule has 2 heterocycles. The minimum atomic E-state index is -0.253. The lowest BCUT2D eigenvalue weighted by Crippen LogP contribution is -2.21. The maximum absolute atomic E-state index is 17.0. The Morgan fingerprint density at radius 2 is 0.930 bits per heavy atom. The van der Waals surface area contributed by atoms with E-state index in [-0.39, 0.29) is 5.82 Å². The first kappa shape index (κ1) is 24.2. The van der Waals surface area contributed by atoms with E-state index in [0.717, 1.165) is 33.2 Å². The molecule has 12 rings (SSSR count). The van der Waals surface area contributed by atoms with Gasteiger partial charge >= 0.3 is 0 Å². The topological polar surface area (TPSA) is 35.6 Å². The molecule has 4 nitrogen and oxygen atoms in total. The zero-order valence-electron chi connectivity index (χ0n) is 24.1. The number of hydrogen-bond acceptors (Lipinski definition) is 2. The second-order valence-electron chi connectivity index (χ2n) is 13.5. The van der Waals surface area contributed by atoms with Crippen LogP contribution in [0.1, 0.15) is 97.3 Å². The summed E-state index contributed by atoms with van der Waals surface area (Å²) in [4.78, 5) is 9.64. The van der Waals surface area contributed by atoms with E-state index < -0.39 is 0 Å². The molecule has 0 N–H and O–H groups in total. The average molecular weight is 565 g/mol. The SMILES string of the molecule is Fc1c(-n2cnc3cc4c(cc32)C2CCC4CC2)cc(-c2ccccc2)cc1-n1cnc2cc3c(cc21)C1CCC3CC1. The fourth-order valence-corrected chi connectivity index (χ4v) is 9.15. The van der Waals surface area contributed by atoms with Crippen molar-refractivity contribution in [3.8, 4) is 22.5 Å². The summed E-state index contributed by atoms with van der Waals surface area (Å²) < 4.78 is 21.0. The molecule has 6 aromatic rings. The molecule has 6 aliphatic carbocycles. The van der Waals surface area contributed by atoms with Gasteiger partial charge in [0.25, 0.3) is 0 Å². The van der Waals surface area contributed by atoms with E-state index in [4.69, 9.17) is 9.97 Å². The van der Waals surface area contributed by atoms with Crippen LogP contribution in [-0.4, -0.2) is 19.1 Å². The van der Waals surface area contributed by atoms with Gasteiger partial charge in [0.2, 0.25) is 0 Å². The number of hydrogen-bond donors (Lipinski definition) is 0. The molecular weight excluding hydrogens is 531 g/mol. The van der Waals surface area contributed by atoms with E-state index in [2.05, 4.69) is 36.4 Å². The first-order valence-electron chi connectivity index (χ1n) is 16.1. The highest BCUT2D eigenvalue weighted by Gasteiger charge is 2.35. The third-order valence-electron chi connectivity index (χ3n) is 11.4. The molecule has 43 heavy (non-hydrogen) atoms. The first-order chi connectivity index (χ1) is 21.2. The molecule has 0 spiro atoms. The lowest BCUT2D eigenvalue weighted by atomic mass is 9.67. The van der Waals surface area contributed by atoms with Gasteiger partial charge in [-0.2, -0.15) is 0 Å². The van der Waals surface area contributed by atoms with Crippen LogP contribution in [0.5, 0.6) is 0 Å². The van der Waals surface area contributed by atoms with Crippen LogP contribution in [0, 0.1) is 5.82 Å². The van der Waals surface area contributed by atoms with Crippen LogP contribution in [0.3, 0.4) is 0 Å². The summed E-state index contributed by atoms with van der Waals surface area (Å²) >= 11 is 0. The fraction of sp³-hybridized carbons (Fsp3) is 0.316. The number of rotatable bonds is 3. The standard InChI is InChI=1S/C38H33FN4/c39-38-36(42-20-40-32-16-28-23-6-10-25(11-7-23)30(28)18-34(32)42)14-27(22-4-2-1-3-5-22)15-37(38)43-21-41-33-17-29-24-8-12-26(13-9-24)31(29)19-35(33)43/h1-5,14-21,23-26H,6-13H2. The molecule has 2 saturated carbocycles. The van der Waals surface area contributed by atoms with Crippen LogP contribution in [0.25, 0.3) is 44.6 Å². The van der Waals surface area contributed by atoms with Gasteiger partial charge in [-0.1, -0.05) is 30.3 Å². The van der Waals surface area contributed by atoms with E-state index in [1.165, 1.54) is 73.6 Å². The first-order valence-corrected chi connectivity index (χ1v) is 16.1. The second kappa shape index (κ2) is 8.89. The van der Waals surface area contributed by atoms with Gasteiger partial charge in [0.15, 0.2) is 5.82 Å². The van der Waals surface area contributed by atoms with E-state index in [0.29, 0.717) is 35.0 Å². The van der Waals surface area contributed by atoms with Crippen molar-refractivity contribution in [2.75, 3.05) is 0 Å². The van der Waals surface area contributed by atoms with Gasteiger partial charge in [-0.05, 0) is 145 Å². The molecule has 4 aromatic carbocycles. The van der Waals surface area contributed by atoms with Crippen LogP contribution in [-0.2, 0) is 0 Å². The van der Waals surface area contributed by atoms with Crippen LogP contribution < -0.4 is 0 Å². The summed E-state index contributed by atoms with van der Waals surface area (Å²) in [5.41, 5.74) is 12.8. The van der Waals surface area contributed by atoms with Crippen molar-refractivity contribution in [2.24, 2.45) is 0 Å². The summed E-state index contributed by atoms with van der Waals surface area (Å²) in [5.74, 6) is 2.27. The molecule has 0 radical (unpaired) electrons. The molecule has 0 aliphatic heterocycles. The average Bonchev–Trinajstić information content (AvgIpc) is 3.68. The zero-order valence-corrected chi connectivity index (χ0v) is 24.1. The number of benzene rings is 4. The largest absolute Gasteiger partial charge is 0.296 e. The van der Waals surface area contributed by atoms with E-state index in [9.17, 15) is 0 Å². The van der Waals surface area contributed by atoms with Crippen LogP contribution in [0.4, 0.5) is 4.39 Å². The Labute approximate surface area is 250 Å². The Morgan fingerprint density at radius 1 is 0.512 bits per heavy atom. The number of aromatic nitrogens is 4. The summed E-state index contributed by atoms with van der Waals surface area (Å²) in [5, 5.41) is 0. The van der Waals surface area contributed by atoms with Crippen LogP contribution in [0.15, 0.2) is 79.4 Å². The molecular formula is C38H33FN4. The number of fused-ring (bicyclic) bond motifs is 6. The van der Waals surface area contributed by atoms with E-state index in [1.54, 1.807) is 0 Å². The fourth-order valence-electron chi connectivity index (χ4n) is 9.15. The monoisotopic (exact) mass is 564 g/mol. The second-order valence-corrected chi connectivity index (χ2v) is 13.5. The van der Waals surface area contributed by atoms with Crippen LogP contribution >= 0.6 is 0 Å². The maximum atomic E-state index is 17.0. The Morgan fingerprint density at radius 3 is 1.37 bits per heavy atom. The molecule has 5 heteroatoms. The Kier molecular flexibility index (Phi) is 5.00. The van der Waals surface area contributed by atoms with Crippen LogP contribution in [0.2, 0.25) is 0 Å². The summed E-state index contributed by atoms with van der Waals surface area (Å²) in [6, 6.07) is 23.5. The third-order valence-corrected chi connectivity index (χ3v) is 11.4. The van der Waals surface area contributed by atoms with Gasteiger partial charge in [-0.25, -0.2) is 14.4 Å². The van der Waals surface area contributed by atoms with Crippen molar-refractivity contribution in [1.29, 1.82) is 0 Å². The quantitative estimate of drug-likeness (QED) is 0.214. The highest BCUT2D eigenvalue weighted by molar-refractivity contribution is 5.84. The molecule has 2 fully saturated rings. The van der Waals surface area contributed by atoms with Crippen molar-refractivity contribution in [3.63, 3.8) is 0 Å². The van der Waals surface area contributed by atoms with Gasteiger partial charge in [0.1, 0.15) is 12.7 Å². The number of nitrogens with zero attached hydrogens (tertiary/aromatic N) is 4. The van der Waals surface area contributed by atoms with Crippen molar-refractivity contribution in [2.45, 2.75) is 75.0 Å². The van der Waals surface area contributed by atoms with E-state index >= 15 is 4.39 Å². The smallest absolute Gasteiger partial charge is 0.171 e. The predicted octanol–water partition coefficient (Wildman–Crippen LogP) is 9.68. The lowest BCUT2D eigenvalue weighted by Gasteiger charge is -2.38. The minimum absolute atomic E-state index is 0.253. The molecule has 2 aromatic heterocycles. The van der Waals surface area contributed by atoms with Crippen molar-refractivity contribution in [3.05, 3.63) is 107 Å². The van der Waals surface area contributed by atoms with Gasteiger partial charge < -0.3 is 0 Å². The summed E-state index contributed by atoms with van der Waals surface area (Å²) in [6.07, 6.45) is 13.8. The van der Waals surface area contributed by atoms with Gasteiger partial charge in [-0.15, -0.1) is 0 Å². The normalized spacial score (nSPS) is 23.7. The molecule has 0 unspecified atom stereocenters. The van der Waals surface area contributed by atoms with Crippen molar-refractivity contribution < 1.29 is 4.39 Å². The molecule has 4 bridgehead atoms. The number of halogens is 1. The Hall–Kier alpha value is -4.25. The predicted molar refractivity (Wildman–Crippen MR) is 169 cm³/mol. The van der Waals surface area contributed by atoms with Gasteiger partial charge in [0, 0.05) is 0 Å². The lowest BCUT2D eigenvalue weighted by molar-refractivity contribution is 0.359. The van der Waals surface area contributed by atoms with Gasteiger partial charge in [0.05, 0.1) is 33.4 Å². The highest BCUT2D eigenvalue weighted by atomic mass is 19.1. The van der Waals surface area contributed by atoms with Gasteiger partial charge in [-0.3, -0.25) is 9.13 Å². The summed E-state index contributed by atoms with van der Waals surface area (Å²) in [7, 11) is 0. The molecule has 0 amide bonds. The van der Waals surface area contributed by atoms with Crippen molar-refractivity contribution >= 4 is 22.1 Å². The van der Waals surface area contributed by atoms with Crippen molar-refractivity contribution in [1.82, 2.24) is 19.1 Å². The molecule has 212 valence electrons. The highest BCUT2D eigenvalue weighted by Crippen LogP contribution is 2.51. The molecule has 0 saturated heterocycles. The zero-order chi connectivity index (χ0) is 28.2. The molecule has 6 aliphatic rings. The Balaban J connectivity index is 1.20. The summed E-state index contributed by atoms with van der Waals surface area (Å²) in [6.45, 7) is 0. The van der Waals surface area contributed by atoms with E-state index in [1.807, 2.05) is 52.1 Å². The minimum Gasteiger partial charge on any atom is -0.296 e. The number of imidazole rings is 2. The molecule has 0 atom stereocenters. The Bertz CT molecular complexity index is 1940. The third kappa shape index (κ3) is 3.48.